The summed E-state index contributed by atoms with van der Waals surface area (Å²) in [5.74, 6) is 0.258. The van der Waals surface area contributed by atoms with Crippen molar-refractivity contribution >= 4 is 17.5 Å². The third kappa shape index (κ3) is 6.13. The van der Waals surface area contributed by atoms with Crippen molar-refractivity contribution in [3.63, 3.8) is 0 Å². The van der Waals surface area contributed by atoms with E-state index in [-0.39, 0.29) is 23.7 Å². The van der Waals surface area contributed by atoms with E-state index in [1.807, 2.05) is 44.2 Å². The van der Waals surface area contributed by atoms with Crippen molar-refractivity contribution in [3.05, 3.63) is 78.6 Å². The van der Waals surface area contributed by atoms with Gasteiger partial charge in [0.1, 0.15) is 11.8 Å². The van der Waals surface area contributed by atoms with Gasteiger partial charge in [-0.2, -0.15) is 0 Å². The van der Waals surface area contributed by atoms with Crippen molar-refractivity contribution in [1.82, 2.24) is 15.3 Å². The lowest BCUT2D eigenvalue weighted by atomic mass is 10.0. The lowest BCUT2D eigenvalue weighted by Gasteiger charge is -2.19. The molecule has 0 saturated heterocycles. The normalized spacial score (nSPS) is 11.6. The predicted molar refractivity (Wildman–Crippen MR) is 114 cm³/mol. The second-order valence-electron chi connectivity index (χ2n) is 7.16. The Morgan fingerprint density at radius 2 is 1.60 bits per heavy atom. The van der Waals surface area contributed by atoms with E-state index in [1.54, 1.807) is 42.7 Å². The second-order valence-corrected chi connectivity index (χ2v) is 7.16. The fourth-order valence-electron chi connectivity index (χ4n) is 2.80. The summed E-state index contributed by atoms with van der Waals surface area (Å²) in [6.45, 7) is 3.92. The summed E-state index contributed by atoms with van der Waals surface area (Å²) in [6.07, 6.45) is 3.53. The van der Waals surface area contributed by atoms with Crippen LogP contribution in [0.5, 0.6) is 11.8 Å². The topological polar surface area (TPSA) is 93.2 Å². The third-order valence-electron chi connectivity index (χ3n) is 4.17. The number of ether oxygens (including phenoxy) is 1. The molecule has 1 unspecified atom stereocenters. The zero-order chi connectivity index (χ0) is 21.3. The number of benzene rings is 2. The Labute approximate surface area is 175 Å². The van der Waals surface area contributed by atoms with Gasteiger partial charge in [0, 0.05) is 24.5 Å². The highest BCUT2D eigenvalue weighted by atomic mass is 16.5. The molecule has 1 heterocycles. The number of hydrogen-bond acceptors (Lipinski definition) is 5. The first kappa shape index (κ1) is 21.0. The van der Waals surface area contributed by atoms with E-state index in [0.29, 0.717) is 23.4 Å². The van der Waals surface area contributed by atoms with Gasteiger partial charge in [0.05, 0.1) is 0 Å². The van der Waals surface area contributed by atoms with Crippen molar-refractivity contribution < 1.29 is 14.3 Å². The Balaban J connectivity index is 1.69. The molecule has 0 bridgehead atoms. The van der Waals surface area contributed by atoms with Crippen LogP contribution in [0, 0.1) is 5.92 Å². The number of nitrogens with zero attached hydrogens (tertiary/aromatic N) is 2. The number of nitrogens with one attached hydrogen (secondary N) is 2. The summed E-state index contributed by atoms with van der Waals surface area (Å²) < 4.78 is 5.55. The summed E-state index contributed by atoms with van der Waals surface area (Å²) in [5.41, 5.74) is 1.30. The molecule has 0 saturated carbocycles. The van der Waals surface area contributed by atoms with Gasteiger partial charge >= 0.3 is 6.01 Å². The number of hydrogen-bond donors (Lipinski definition) is 2. The van der Waals surface area contributed by atoms with Crippen molar-refractivity contribution in [2.24, 2.45) is 5.92 Å². The van der Waals surface area contributed by atoms with Crippen LogP contribution in [-0.4, -0.2) is 21.8 Å². The molecule has 30 heavy (non-hydrogen) atoms. The molecule has 0 spiro atoms. The van der Waals surface area contributed by atoms with Crippen LogP contribution in [0.15, 0.2) is 73.1 Å². The first-order valence-corrected chi connectivity index (χ1v) is 9.71. The third-order valence-corrected chi connectivity index (χ3v) is 4.17. The highest BCUT2D eigenvalue weighted by Crippen LogP contribution is 2.21. The maximum atomic E-state index is 12.9. The van der Waals surface area contributed by atoms with Gasteiger partial charge in [-0.3, -0.25) is 9.59 Å². The number of aromatic nitrogens is 2. The smallest absolute Gasteiger partial charge is 0.321 e. The maximum Gasteiger partial charge on any atom is 0.321 e. The van der Waals surface area contributed by atoms with Gasteiger partial charge in [0.25, 0.3) is 5.91 Å². The molecule has 3 rings (SSSR count). The number of carbonyl (C=O) groups is 2. The van der Waals surface area contributed by atoms with Crippen molar-refractivity contribution in [2.45, 2.75) is 26.3 Å². The van der Waals surface area contributed by atoms with Gasteiger partial charge in [-0.25, -0.2) is 9.97 Å². The molecular weight excluding hydrogens is 380 g/mol. The van der Waals surface area contributed by atoms with Gasteiger partial charge in [-0.15, -0.1) is 0 Å². The molecule has 2 aromatic carbocycles. The minimum absolute atomic E-state index is 0.166. The van der Waals surface area contributed by atoms with Crippen molar-refractivity contribution in [3.8, 4) is 11.8 Å². The van der Waals surface area contributed by atoms with Gasteiger partial charge in [0.2, 0.25) is 5.91 Å². The molecule has 0 aliphatic rings. The Bertz CT molecular complexity index is 961. The van der Waals surface area contributed by atoms with Crippen LogP contribution >= 0.6 is 0 Å². The molecular formula is C23H24N4O3. The minimum Gasteiger partial charge on any atom is -0.424 e. The summed E-state index contributed by atoms with van der Waals surface area (Å²) in [6, 6.07) is 17.2. The first-order valence-electron chi connectivity index (χ1n) is 9.71. The minimum atomic E-state index is -0.786. The highest BCUT2D eigenvalue weighted by molar-refractivity contribution is 5.97. The van der Waals surface area contributed by atoms with E-state index >= 15 is 0 Å². The van der Waals surface area contributed by atoms with Crippen molar-refractivity contribution in [2.75, 3.05) is 5.32 Å². The number of anilines is 1. The van der Waals surface area contributed by atoms with Crippen LogP contribution < -0.4 is 15.4 Å². The molecule has 154 valence electrons. The van der Waals surface area contributed by atoms with Gasteiger partial charge in [-0.1, -0.05) is 44.2 Å². The zero-order valence-corrected chi connectivity index (χ0v) is 16.9. The Morgan fingerprint density at radius 1 is 0.933 bits per heavy atom. The first-order chi connectivity index (χ1) is 14.5. The van der Waals surface area contributed by atoms with E-state index in [1.165, 1.54) is 0 Å². The Morgan fingerprint density at radius 3 is 2.23 bits per heavy atom. The van der Waals surface area contributed by atoms with E-state index in [4.69, 9.17) is 4.74 Å². The van der Waals surface area contributed by atoms with E-state index in [2.05, 4.69) is 20.6 Å². The number of carbonyl (C=O) groups excluding carboxylic acids is 2. The lowest BCUT2D eigenvalue weighted by Crippen LogP contribution is -2.37. The maximum absolute atomic E-state index is 12.9. The largest absolute Gasteiger partial charge is 0.424 e. The standard InChI is InChI=1S/C23H24N4O3/c1-16(2)15-20(28)27-21(17-7-4-3-5-8-17)22(29)26-18-9-11-19(12-10-18)30-23-24-13-6-14-25-23/h3-14,16,21H,15H2,1-2H3,(H,26,29)(H,27,28). The molecule has 1 aromatic heterocycles. The highest BCUT2D eigenvalue weighted by Gasteiger charge is 2.23. The van der Waals surface area contributed by atoms with Crippen molar-refractivity contribution in [1.29, 1.82) is 0 Å². The second kappa shape index (κ2) is 10.2. The summed E-state index contributed by atoms with van der Waals surface area (Å²) in [5, 5.41) is 5.69. The number of rotatable bonds is 8. The molecule has 0 aliphatic heterocycles. The molecule has 0 fully saturated rings. The summed E-state index contributed by atoms with van der Waals surface area (Å²) >= 11 is 0. The Kier molecular flexibility index (Phi) is 7.10. The SMILES string of the molecule is CC(C)CC(=O)NC(C(=O)Nc1ccc(Oc2ncccn2)cc1)c1ccccc1. The quantitative estimate of drug-likeness (QED) is 0.589. The predicted octanol–water partition coefficient (Wildman–Crippen LogP) is 4.11. The van der Waals surface area contributed by atoms with E-state index < -0.39 is 6.04 Å². The fourth-order valence-corrected chi connectivity index (χ4v) is 2.80. The lowest BCUT2D eigenvalue weighted by molar-refractivity contribution is -0.127. The molecule has 0 aliphatic carbocycles. The average molecular weight is 404 g/mol. The van der Waals surface area contributed by atoms with Crippen LogP contribution in [0.3, 0.4) is 0 Å². The van der Waals surface area contributed by atoms with Gasteiger partial charge in [-0.05, 0) is 41.8 Å². The van der Waals surface area contributed by atoms with Crippen LogP contribution in [0.2, 0.25) is 0 Å². The average Bonchev–Trinajstić information content (AvgIpc) is 2.74. The van der Waals surface area contributed by atoms with Gasteiger partial charge in [0.15, 0.2) is 0 Å². The molecule has 7 heteroatoms. The van der Waals surface area contributed by atoms with Gasteiger partial charge < -0.3 is 15.4 Å². The van der Waals surface area contributed by atoms with E-state index in [9.17, 15) is 9.59 Å². The molecule has 2 amide bonds. The number of amides is 2. The van der Waals surface area contributed by atoms with Crippen LogP contribution in [0.1, 0.15) is 31.9 Å². The Hall–Kier alpha value is -3.74. The molecule has 2 N–H and O–H groups in total. The molecule has 7 nitrogen and oxygen atoms in total. The molecule has 3 aromatic rings. The summed E-state index contributed by atoms with van der Waals surface area (Å²) in [7, 11) is 0. The van der Waals surface area contributed by atoms with Crippen LogP contribution in [0.4, 0.5) is 5.69 Å². The summed E-state index contributed by atoms with van der Waals surface area (Å²) in [4.78, 5) is 33.2. The molecule has 1 atom stereocenters. The zero-order valence-electron chi connectivity index (χ0n) is 16.9. The molecule has 0 radical (unpaired) electrons. The monoisotopic (exact) mass is 404 g/mol. The van der Waals surface area contributed by atoms with E-state index in [0.717, 1.165) is 0 Å². The fraction of sp³-hybridized carbons (Fsp3) is 0.217. The van der Waals surface area contributed by atoms with Crippen LogP contribution in [0.25, 0.3) is 0 Å². The van der Waals surface area contributed by atoms with Crippen LogP contribution in [-0.2, 0) is 9.59 Å².